The van der Waals surface area contributed by atoms with Gasteiger partial charge >= 0.3 is 0 Å². The van der Waals surface area contributed by atoms with Crippen LogP contribution in [0.2, 0.25) is 0 Å². The van der Waals surface area contributed by atoms with Gasteiger partial charge in [-0.25, -0.2) is 0 Å². The summed E-state index contributed by atoms with van der Waals surface area (Å²) in [5, 5.41) is 4.88. The van der Waals surface area contributed by atoms with Crippen LogP contribution in [0.4, 0.5) is 0 Å². The molecule has 0 radical (unpaired) electrons. The van der Waals surface area contributed by atoms with Gasteiger partial charge in [0.15, 0.2) is 0 Å². The fourth-order valence-corrected chi connectivity index (χ4v) is 5.80. The summed E-state index contributed by atoms with van der Waals surface area (Å²) < 4.78 is 0. The minimum Gasteiger partial charge on any atom is -0.280 e. The van der Waals surface area contributed by atoms with Crippen molar-refractivity contribution < 1.29 is 0 Å². The van der Waals surface area contributed by atoms with Crippen molar-refractivity contribution in [3.63, 3.8) is 0 Å². The minimum atomic E-state index is 0.536. The number of aliphatic imine (C=N–C) groups is 2. The van der Waals surface area contributed by atoms with Crippen LogP contribution in [0.15, 0.2) is 180 Å². The molecule has 49 heavy (non-hydrogen) atoms. The fraction of sp³-hybridized carbons (Fsp3) is 0.106. The van der Waals surface area contributed by atoms with Crippen molar-refractivity contribution in [3.05, 3.63) is 193 Å². The molecule has 0 saturated carbocycles. The number of hydrogen-bond acceptors (Lipinski definition) is 2. The van der Waals surface area contributed by atoms with Crippen molar-refractivity contribution in [1.29, 1.82) is 0 Å². The predicted octanol–water partition coefficient (Wildman–Crippen LogP) is 13.0. The Morgan fingerprint density at radius 1 is 0.673 bits per heavy atom. The summed E-state index contributed by atoms with van der Waals surface area (Å²) in [4.78, 5) is 9.72. The van der Waals surface area contributed by atoms with Crippen molar-refractivity contribution in [2.45, 2.75) is 33.7 Å². The van der Waals surface area contributed by atoms with Gasteiger partial charge in [0.05, 0.1) is 18.0 Å². The van der Waals surface area contributed by atoms with Gasteiger partial charge in [0.2, 0.25) is 0 Å². The molecule has 0 aliphatic carbocycles. The average molecular weight is 637 g/mol. The van der Waals surface area contributed by atoms with Crippen LogP contribution in [0.1, 0.15) is 49.4 Å². The van der Waals surface area contributed by atoms with E-state index >= 15 is 0 Å². The van der Waals surface area contributed by atoms with Crippen LogP contribution in [0.25, 0.3) is 43.9 Å². The van der Waals surface area contributed by atoms with Crippen molar-refractivity contribution in [1.82, 2.24) is 0 Å². The van der Waals surface area contributed by atoms with E-state index in [4.69, 9.17) is 4.99 Å². The van der Waals surface area contributed by atoms with Gasteiger partial charge in [-0.05, 0) is 87.3 Å². The second-order valence-electron chi connectivity index (χ2n) is 11.8. The normalized spacial score (nSPS) is 12.2. The third kappa shape index (κ3) is 8.74. The molecular weight excluding hydrogens is 593 g/mol. The van der Waals surface area contributed by atoms with Gasteiger partial charge in [0.1, 0.15) is 0 Å². The molecule has 0 atom stereocenters. The summed E-state index contributed by atoms with van der Waals surface area (Å²) in [5.74, 6) is 0. The molecule has 6 aromatic rings. The first-order chi connectivity index (χ1) is 24.1. The molecule has 242 valence electrons. The second kappa shape index (κ2) is 17.3. The Morgan fingerprint density at radius 3 is 2.12 bits per heavy atom. The molecule has 0 fully saturated rings. The number of rotatable bonds is 10. The highest BCUT2D eigenvalue weighted by molar-refractivity contribution is 6.13. The maximum absolute atomic E-state index is 5.21. The van der Waals surface area contributed by atoms with Gasteiger partial charge in [0.25, 0.3) is 0 Å². The maximum atomic E-state index is 5.21. The average Bonchev–Trinajstić information content (AvgIpc) is 3.15. The van der Waals surface area contributed by atoms with Crippen LogP contribution in [-0.2, 0) is 6.54 Å². The molecular formula is C47H44N2. The number of fused-ring (bicyclic) bond motifs is 2. The second-order valence-corrected chi connectivity index (χ2v) is 11.8. The molecule has 0 N–H and O–H groups in total. The van der Waals surface area contributed by atoms with E-state index in [2.05, 4.69) is 184 Å². The molecule has 6 rings (SSSR count). The van der Waals surface area contributed by atoms with Crippen LogP contribution < -0.4 is 0 Å². The third-order valence-electron chi connectivity index (χ3n) is 8.16. The lowest BCUT2D eigenvalue weighted by atomic mass is 9.95. The zero-order valence-electron chi connectivity index (χ0n) is 28.8. The van der Waals surface area contributed by atoms with Crippen molar-refractivity contribution in [2.24, 2.45) is 9.98 Å². The summed E-state index contributed by atoms with van der Waals surface area (Å²) >= 11 is 0. The van der Waals surface area contributed by atoms with E-state index in [1.54, 1.807) is 6.08 Å². The van der Waals surface area contributed by atoms with Crippen LogP contribution in [0.3, 0.4) is 0 Å². The minimum absolute atomic E-state index is 0.536. The lowest BCUT2D eigenvalue weighted by Crippen LogP contribution is -2.01. The van der Waals surface area contributed by atoms with Crippen LogP contribution in [0, 0.1) is 0 Å². The lowest BCUT2D eigenvalue weighted by molar-refractivity contribution is 1.07. The predicted molar refractivity (Wildman–Crippen MR) is 216 cm³/mol. The molecule has 0 unspecified atom stereocenters. The third-order valence-corrected chi connectivity index (χ3v) is 8.16. The van der Waals surface area contributed by atoms with Crippen molar-refractivity contribution in [2.75, 3.05) is 0 Å². The Balaban J connectivity index is 0.00000151. The Morgan fingerprint density at radius 2 is 1.35 bits per heavy atom. The standard InChI is InChI=1S/C44H36N2.C3H8/c1-4-6-14-33(5-2)37-19-11-21-39(28-37)43(45-3)30-44(46-31-32-25-26-34-15-7-8-17-36(34)27-32)40-22-12-20-38(29-40)42-24-13-18-35-16-9-10-23-41(35)42;1-3-2/h4-30H,1,3,31H2,2H3;3H2,1-2H3/b14-6-,33-5+,43-30-,46-44?;. The smallest absolute Gasteiger partial charge is 0.0716 e. The van der Waals surface area contributed by atoms with Crippen molar-refractivity contribution >= 4 is 45.2 Å². The van der Waals surface area contributed by atoms with E-state index in [0.29, 0.717) is 6.54 Å². The quantitative estimate of drug-likeness (QED) is 0.106. The first kappa shape index (κ1) is 34.5. The van der Waals surface area contributed by atoms with Crippen LogP contribution >= 0.6 is 0 Å². The van der Waals surface area contributed by atoms with Crippen molar-refractivity contribution in [3.8, 4) is 11.1 Å². The van der Waals surface area contributed by atoms with Gasteiger partial charge in [-0.15, -0.1) is 0 Å². The summed E-state index contributed by atoms with van der Waals surface area (Å²) in [6.07, 6.45) is 11.2. The Labute approximate surface area is 291 Å². The highest BCUT2D eigenvalue weighted by Gasteiger charge is 2.10. The zero-order valence-corrected chi connectivity index (χ0v) is 28.8. The monoisotopic (exact) mass is 636 g/mol. The molecule has 2 heteroatoms. The summed E-state index contributed by atoms with van der Waals surface area (Å²) in [6, 6.07) is 47.0. The number of nitrogens with zero attached hydrogens (tertiary/aromatic N) is 2. The molecule has 0 spiro atoms. The maximum Gasteiger partial charge on any atom is 0.0716 e. The topological polar surface area (TPSA) is 24.7 Å². The van der Waals surface area contributed by atoms with Crippen LogP contribution in [0.5, 0.6) is 0 Å². The largest absolute Gasteiger partial charge is 0.280 e. The zero-order chi connectivity index (χ0) is 34.4. The Bertz CT molecular complexity index is 2190. The van der Waals surface area contributed by atoms with Gasteiger partial charge in [0, 0.05) is 11.1 Å². The summed E-state index contributed by atoms with van der Waals surface area (Å²) in [7, 11) is 0. The molecule has 0 saturated heterocycles. The molecule has 0 aromatic heterocycles. The highest BCUT2D eigenvalue weighted by Crippen LogP contribution is 2.30. The molecule has 0 aliphatic heterocycles. The molecule has 0 heterocycles. The van der Waals surface area contributed by atoms with Gasteiger partial charge < -0.3 is 0 Å². The van der Waals surface area contributed by atoms with Crippen LogP contribution in [-0.4, -0.2) is 12.4 Å². The summed E-state index contributed by atoms with van der Waals surface area (Å²) in [5.41, 5.74) is 9.30. The van der Waals surface area contributed by atoms with E-state index in [0.717, 1.165) is 44.8 Å². The van der Waals surface area contributed by atoms with Gasteiger partial charge in [-0.1, -0.05) is 166 Å². The number of allylic oxidation sites excluding steroid dienone is 6. The molecule has 0 amide bonds. The molecule has 0 bridgehead atoms. The van der Waals surface area contributed by atoms with Gasteiger partial charge in [-0.2, -0.15) is 0 Å². The van der Waals surface area contributed by atoms with E-state index < -0.39 is 0 Å². The molecule has 2 nitrogen and oxygen atoms in total. The molecule has 0 aliphatic rings. The van der Waals surface area contributed by atoms with Gasteiger partial charge in [-0.3, -0.25) is 9.98 Å². The summed E-state index contributed by atoms with van der Waals surface area (Å²) in [6.45, 7) is 14.6. The van der Waals surface area contributed by atoms with E-state index in [1.165, 1.54) is 33.5 Å². The van der Waals surface area contributed by atoms with E-state index in [9.17, 15) is 0 Å². The Kier molecular flexibility index (Phi) is 12.2. The fourth-order valence-electron chi connectivity index (χ4n) is 5.80. The SMILES string of the molecule is C=C/C=C\C(=C/C)c1cccc(/C(=C/C(=NCc2ccc3ccccc3c2)c2cccc(-c3cccc4ccccc34)c2)N=C)c1.CCC. The lowest BCUT2D eigenvalue weighted by Gasteiger charge is -2.11. The number of hydrogen-bond donors (Lipinski definition) is 0. The molecule has 6 aromatic carbocycles. The first-order valence-electron chi connectivity index (χ1n) is 16.9. The first-order valence-corrected chi connectivity index (χ1v) is 16.9. The van der Waals surface area contributed by atoms with E-state index in [-0.39, 0.29) is 0 Å². The highest BCUT2D eigenvalue weighted by atomic mass is 14.8. The number of benzene rings is 6. The van der Waals surface area contributed by atoms with E-state index in [1.807, 2.05) is 13.0 Å². The Hall–Kier alpha value is -5.86.